The minimum atomic E-state index is -0.527. The second-order valence-corrected chi connectivity index (χ2v) is 7.29. The number of carbonyl (C=O) groups is 3. The van der Waals surface area contributed by atoms with Crippen molar-refractivity contribution in [2.24, 2.45) is 5.92 Å². The minimum Gasteiger partial charge on any atom is -0.466 e. The first-order valence-electron chi connectivity index (χ1n) is 8.65. The van der Waals surface area contributed by atoms with Gasteiger partial charge in [0.25, 0.3) is 5.91 Å². The van der Waals surface area contributed by atoms with Gasteiger partial charge < -0.3 is 4.74 Å². The summed E-state index contributed by atoms with van der Waals surface area (Å²) < 4.78 is 5.07. The number of rotatable bonds is 4. The van der Waals surface area contributed by atoms with Crippen molar-refractivity contribution in [3.8, 4) is 0 Å². The maximum atomic E-state index is 12.9. The Bertz CT molecular complexity index is 732. The zero-order chi connectivity index (χ0) is 18.8. The molecule has 3 rings (SSSR count). The highest BCUT2D eigenvalue weighted by atomic mass is 35.5. The van der Waals surface area contributed by atoms with Gasteiger partial charge in [-0.3, -0.25) is 19.3 Å². The third-order valence-corrected chi connectivity index (χ3v) is 5.42. The molecular weight excluding hydrogens is 379 g/mol. The molecular formula is C18H20Cl2N2O4. The van der Waals surface area contributed by atoms with Gasteiger partial charge in [-0.05, 0) is 51.1 Å². The van der Waals surface area contributed by atoms with Crippen LogP contribution in [-0.4, -0.2) is 48.4 Å². The molecule has 0 aliphatic carbocycles. The molecule has 2 heterocycles. The number of nitrogens with zero attached hydrogens (tertiary/aromatic N) is 2. The Morgan fingerprint density at radius 3 is 2.58 bits per heavy atom. The van der Waals surface area contributed by atoms with Gasteiger partial charge in [0.1, 0.15) is 0 Å². The van der Waals surface area contributed by atoms with Gasteiger partial charge >= 0.3 is 5.97 Å². The highest BCUT2D eigenvalue weighted by molar-refractivity contribution is 6.37. The van der Waals surface area contributed by atoms with Gasteiger partial charge in [0, 0.05) is 5.02 Å². The molecule has 2 saturated heterocycles. The van der Waals surface area contributed by atoms with Crippen LogP contribution in [0.15, 0.2) is 18.2 Å². The van der Waals surface area contributed by atoms with Crippen molar-refractivity contribution >= 4 is 46.7 Å². The SMILES string of the molecule is CCOC(=O)C1CCN(C2CC(=O)N(c3cc(Cl)ccc3Cl)C2=O)CC1. The summed E-state index contributed by atoms with van der Waals surface area (Å²) in [6.07, 6.45) is 1.34. The Morgan fingerprint density at radius 1 is 1.23 bits per heavy atom. The van der Waals surface area contributed by atoms with Crippen LogP contribution in [0, 0.1) is 5.92 Å². The fraction of sp³-hybridized carbons (Fsp3) is 0.500. The van der Waals surface area contributed by atoms with E-state index in [0.717, 1.165) is 4.90 Å². The Morgan fingerprint density at radius 2 is 1.92 bits per heavy atom. The summed E-state index contributed by atoms with van der Waals surface area (Å²) in [6.45, 7) is 3.30. The molecule has 140 valence electrons. The molecule has 1 aromatic rings. The fourth-order valence-electron chi connectivity index (χ4n) is 3.52. The standard InChI is InChI=1S/C18H20Cl2N2O4/c1-2-26-18(25)11-5-7-21(8-6-11)15-10-16(23)22(17(15)24)14-9-12(19)3-4-13(14)20/h3-4,9,11,15H,2,5-8,10H2,1H3. The quantitative estimate of drug-likeness (QED) is 0.576. The highest BCUT2D eigenvalue weighted by Gasteiger charge is 2.44. The van der Waals surface area contributed by atoms with Gasteiger partial charge in [0.05, 0.1) is 35.7 Å². The number of hydrogen-bond acceptors (Lipinski definition) is 5. The number of imide groups is 1. The van der Waals surface area contributed by atoms with Gasteiger partial charge in [0.2, 0.25) is 5.91 Å². The van der Waals surface area contributed by atoms with Crippen molar-refractivity contribution in [3.63, 3.8) is 0 Å². The highest BCUT2D eigenvalue weighted by Crippen LogP contribution is 2.34. The predicted octanol–water partition coefficient (Wildman–Crippen LogP) is 2.90. The maximum Gasteiger partial charge on any atom is 0.309 e. The summed E-state index contributed by atoms with van der Waals surface area (Å²) in [5.74, 6) is -0.921. The van der Waals surface area contributed by atoms with Crippen LogP contribution in [0.5, 0.6) is 0 Å². The molecule has 6 nitrogen and oxygen atoms in total. The molecule has 1 unspecified atom stereocenters. The first kappa shape index (κ1) is 19.1. The summed E-state index contributed by atoms with van der Waals surface area (Å²) in [5.41, 5.74) is 0.318. The van der Waals surface area contributed by atoms with E-state index in [1.807, 2.05) is 4.90 Å². The number of carbonyl (C=O) groups excluding carboxylic acids is 3. The summed E-state index contributed by atoms with van der Waals surface area (Å²) >= 11 is 12.1. The van der Waals surface area contributed by atoms with Gasteiger partial charge in [-0.15, -0.1) is 0 Å². The maximum absolute atomic E-state index is 12.9. The van der Waals surface area contributed by atoms with E-state index in [9.17, 15) is 14.4 Å². The molecule has 26 heavy (non-hydrogen) atoms. The molecule has 0 bridgehead atoms. The number of anilines is 1. The molecule has 0 spiro atoms. The van der Waals surface area contributed by atoms with E-state index < -0.39 is 6.04 Å². The molecule has 0 radical (unpaired) electrons. The Kier molecular flexibility index (Phi) is 5.85. The van der Waals surface area contributed by atoms with Crippen molar-refractivity contribution in [1.82, 2.24) is 4.90 Å². The van der Waals surface area contributed by atoms with Crippen molar-refractivity contribution in [2.45, 2.75) is 32.2 Å². The van der Waals surface area contributed by atoms with Crippen molar-refractivity contribution in [1.29, 1.82) is 0 Å². The lowest BCUT2D eigenvalue weighted by Crippen LogP contribution is -2.47. The van der Waals surface area contributed by atoms with Crippen LogP contribution in [-0.2, 0) is 19.1 Å². The lowest BCUT2D eigenvalue weighted by Gasteiger charge is -2.33. The topological polar surface area (TPSA) is 66.9 Å². The van der Waals surface area contributed by atoms with Gasteiger partial charge in [0.15, 0.2) is 0 Å². The van der Waals surface area contributed by atoms with E-state index in [2.05, 4.69) is 0 Å². The third-order valence-electron chi connectivity index (χ3n) is 4.86. The molecule has 2 fully saturated rings. The number of likely N-dealkylation sites (tertiary alicyclic amines) is 1. The summed E-state index contributed by atoms with van der Waals surface area (Å²) in [6, 6.07) is 4.17. The number of hydrogen-bond donors (Lipinski definition) is 0. The van der Waals surface area contributed by atoms with Crippen LogP contribution in [0.2, 0.25) is 10.0 Å². The van der Waals surface area contributed by atoms with Crippen LogP contribution in [0.4, 0.5) is 5.69 Å². The smallest absolute Gasteiger partial charge is 0.309 e. The van der Waals surface area contributed by atoms with Crippen molar-refractivity contribution in [2.75, 3.05) is 24.6 Å². The molecule has 2 amide bonds. The van der Waals surface area contributed by atoms with Crippen molar-refractivity contribution in [3.05, 3.63) is 28.2 Å². The minimum absolute atomic E-state index is 0.103. The molecule has 1 aromatic carbocycles. The van der Waals surface area contributed by atoms with Crippen LogP contribution in [0.3, 0.4) is 0 Å². The number of ether oxygens (including phenoxy) is 1. The number of halogens is 2. The van der Waals surface area contributed by atoms with Crippen LogP contribution < -0.4 is 4.90 Å². The van der Waals surface area contributed by atoms with Gasteiger partial charge in [-0.1, -0.05) is 23.2 Å². The lowest BCUT2D eigenvalue weighted by molar-refractivity contribution is -0.149. The average molecular weight is 399 g/mol. The largest absolute Gasteiger partial charge is 0.466 e. The summed E-state index contributed by atoms with van der Waals surface area (Å²) in [5, 5.41) is 0.710. The third kappa shape index (κ3) is 3.72. The van der Waals surface area contributed by atoms with E-state index in [0.29, 0.717) is 48.3 Å². The number of benzene rings is 1. The van der Waals surface area contributed by atoms with Gasteiger partial charge in [-0.25, -0.2) is 4.90 Å². The zero-order valence-electron chi connectivity index (χ0n) is 14.4. The molecule has 8 heteroatoms. The zero-order valence-corrected chi connectivity index (χ0v) is 15.9. The first-order chi connectivity index (χ1) is 12.4. The van der Waals surface area contributed by atoms with E-state index in [1.54, 1.807) is 19.1 Å². The first-order valence-corrected chi connectivity index (χ1v) is 9.40. The second-order valence-electron chi connectivity index (χ2n) is 6.45. The lowest BCUT2D eigenvalue weighted by atomic mass is 9.95. The van der Waals surface area contributed by atoms with Crippen molar-refractivity contribution < 1.29 is 19.1 Å². The molecule has 0 N–H and O–H groups in total. The number of piperidine rings is 1. The van der Waals surface area contributed by atoms with Gasteiger partial charge in [-0.2, -0.15) is 0 Å². The van der Waals surface area contributed by atoms with E-state index >= 15 is 0 Å². The Hall–Kier alpha value is -1.63. The molecule has 2 aliphatic rings. The van der Waals surface area contributed by atoms with Crippen LogP contribution in [0.1, 0.15) is 26.2 Å². The summed E-state index contributed by atoms with van der Waals surface area (Å²) in [4.78, 5) is 40.3. The number of amides is 2. The van der Waals surface area contributed by atoms with Crippen LogP contribution >= 0.6 is 23.2 Å². The average Bonchev–Trinajstić information content (AvgIpc) is 2.92. The Balaban J connectivity index is 1.70. The van der Waals surface area contributed by atoms with Crippen LogP contribution in [0.25, 0.3) is 0 Å². The predicted molar refractivity (Wildman–Crippen MR) is 98.3 cm³/mol. The summed E-state index contributed by atoms with van der Waals surface area (Å²) in [7, 11) is 0. The van der Waals surface area contributed by atoms with E-state index in [1.165, 1.54) is 6.07 Å². The molecule has 0 aromatic heterocycles. The Labute approximate surface area is 162 Å². The molecule has 1 atom stereocenters. The molecule has 2 aliphatic heterocycles. The second kappa shape index (κ2) is 7.94. The normalized spacial score (nSPS) is 22.1. The number of esters is 1. The molecule has 0 saturated carbocycles. The van der Waals surface area contributed by atoms with E-state index in [4.69, 9.17) is 27.9 Å². The van der Waals surface area contributed by atoms with E-state index in [-0.39, 0.29) is 30.1 Å². The fourth-order valence-corrected chi connectivity index (χ4v) is 3.89. The monoisotopic (exact) mass is 398 g/mol.